The number of nitrogens with one attached hydrogen (secondary N) is 2. The van der Waals surface area contributed by atoms with Gasteiger partial charge in [-0.05, 0) is 37.5 Å². The first-order chi connectivity index (χ1) is 11.7. The van der Waals surface area contributed by atoms with Gasteiger partial charge in [0.1, 0.15) is 5.75 Å². The van der Waals surface area contributed by atoms with Crippen LogP contribution in [0.2, 0.25) is 0 Å². The van der Waals surface area contributed by atoms with Gasteiger partial charge in [-0.15, -0.1) is 0 Å². The Kier molecular flexibility index (Phi) is 7.34. The highest BCUT2D eigenvalue weighted by atomic mass is 16.5. The van der Waals surface area contributed by atoms with Crippen molar-refractivity contribution in [2.45, 2.75) is 26.3 Å². The van der Waals surface area contributed by atoms with Crippen LogP contribution < -0.4 is 15.4 Å². The molecule has 0 bridgehead atoms. The van der Waals surface area contributed by atoms with Gasteiger partial charge >= 0.3 is 0 Å². The van der Waals surface area contributed by atoms with Gasteiger partial charge in [-0.2, -0.15) is 0 Å². The van der Waals surface area contributed by atoms with E-state index in [1.165, 1.54) is 0 Å². The van der Waals surface area contributed by atoms with Gasteiger partial charge in [0.25, 0.3) is 0 Å². The lowest BCUT2D eigenvalue weighted by molar-refractivity contribution is 0.127. The number of hydrogen-bond donors (Lipinski definition) is 3. The van der Waals surface area contributed by atoms with E-state index in [1.807, 2.05) is 31.2 Å². The molecule has 0 amide bonds. The number of aliphatic hydroxyl groups excluding tert-OH is 1. The second-order valence-corrected chi connectivity index (χ2v) is 6.17. The number of aliphatic imine (C=N–C) groups is 1. The Morgan fingerprint density at radius 3 is 2.71 bits per heavy atom. The maximum Gasteiger partial charge on any atom is 0.191 e. The van der Waals surface area contributed by atoms with E-state index in [1.54, 1.807) is 7.11 Å². The number of hydrogen-bond acceptors (Lipinski definition) is 4. The van der Waals surface area contributed by atoms with E-state index < -0.39 is 0 Å². The minimum absolute atomic E-state index is 0.00501. The van der Waals surface area contributed by atoms with Crippen molar-refractivity contribution in [3.63, 3.8) is 0 Å². The maximum atomic E-state index is 9.32. The average Bonchev–Trinajstić information content (AvgIpc) is 3.07. The molecule has 1 unspecified atom stereocenters. The van der Waals surface area contributed by atoms with Crippen molar-refractivity contribution in [3.05, 3.63) is 29.8 Å². The molecule has 134 valence electrons. The molecule has 1 atom stereocenters. The summed E-state index contributed by atoms with van der Waals surface area (Å²) in [6, 6.07) is 7.92. The average molecular weight is 335 g/mol. The monoisotopic (exact) mass is 335 g/mol. The molecule has 0 aromatic heterocycles. The van der Waals surface area contributed by atoms with E-state index in [2.05, 4.69) is 15.6 Å². The fraction of sp³-hybridized carbons (Fsp3) is 0.611. The molecule has 24 heavy (non-hydrogen) atoms. The summed E-state index contributed by atoms with van der Waals surface area (Å²) in [6.45, 7) is 5.85. The summed E-state index contributed by atoms with van der Waals surface area (Å²) >= 11 is 0. The molecular weight excluding hydrogens is 306 g/mol. The number of aliphatic hydroxyl groups is 1. The quantitative estimate of drug-likeness (QED) is 0.496. The normalized spacial score (nSPS) is 20.9. The standard InChI is InChI=1S/C18H29N3O3/c1-3-19-17(20-12-15-4-6-16(23-2)7-5-15)21-13-18(8-10-22)9-11-24-14-18/h4-7,22H,3,8-14H2,1-2H3,(H2,19,20,21). The van der Waals surface area contributed by atoms with Crippen molar-refractivity contribution in [2.24, 2.45) is 10.4 Å². The summed E-state index contributed by atoms with van der Waals surface area (Å²) in [5.41, 5.74) is 1.13. The number of rotatable bonds is 8. The number of nitrogens with zero attached hydrogens (tertiary/aromatic N) is 1. The Morgan fingerprint density at radius 1 is 1.33 bits per heavy atom. The summed E-state index contributed by atoms with van der Waals surface area (Å²) in [7, 11) is 1.66. The molecule has 0 aliphatic carbocycles. The number of guanidine groups is 1. The van der Waals surface area contributed by atoms with E-state index in [4.69, 9.17) is 9.47 Å². The minimum Gasteiger partial charge on any atom is -0.497 e. The van der Waals surface area contributed by atoms with Crippen LogP contribution in [0.5, 0.6) is 5.75 Å². The first-order valence-electron chi connectivity index (χ1n) is 8.55. The van der Waals surface area contributed by atoms with Crippen molar-refractivity contribution in [3.8, 4) is 5.75 Å². The lowest BCUT2D eigenvalue weighted by Gasteiger charge is -2.27. The molecule has 1 aliphatic heterocycles. The maximum absolute atomic E-state index is 9.32. The summed E-state index contributed by atoms with van der Waals surface area (Å²) in [6.07, 6.45) is 1.72. The molecule has 1 saturated heterocycles. The van der Waals surface area contributed by atoms with E-state index in [0.717, 1.165) is 49.8 Å². The van der Waals surface area contributed by atoms with Crippen LogP contribution in [0.15, 0.2) is 29.3 Å². The van der Waals surface area contributed by atoms with Crippen LogP contribution in [-0.2, 0) is 11.3 Å². The molecule has 1 fully saturated rings. The molecular formula is C18H29N3O3. The molecule has 2 rings (SSSR count). The summed E-state index contributed by atoms with van der Waals surface area (Å²) in [4.78, 5) is 4.64. The SMILES string of the molecule is CCNC(=NCc1ccc(OC)cc1)NCC1(CCO)CCOC1. The van der Waals surface area contributed by atoms with Crippen molar-refractivity contribution < 1.29 is 14.6 Å². The number of benzene rings is 1. The summed E-state index contributed by atoms with van der Waals surface area (Å²) in [5, 5.41) is 16.0. The molecule has 6 heteroatoms. The van der Waals surface area contributed by atoms with Crippen LogP contribution in [0.25, 0.3) is 0 Å². The zero-order valence-corrected chi connectivity index (χ0v) is 14.7. The second-order valence-electron chi connectivity index (χ2n) is 6.17. The van der Waals surface area contributed by atoms with Crippen LogP contribution in [0.1, 0.15) is 25.3 Å². The van der Waals surface area contributed by atoms with E-state index in [-0.39, 0.29) is 12.0 Å². The van der Waals surface area contributed by atoms with Crippen molar-refractivity contribution >= 4 is 5.96 Å². The van der Waals surface area contributed by atoms with E-state index >= 15 is 0 Å². The molecule has 0 spiro atoms. The molecule has 6 nitrogen and oxygen atoms in total. The molecule has 1 heterocycles. The van der Waals surface area contributed by atoms with E-state index in [9.17, 15) is 5.11 Å². The third-order valence-electron chi connectivity index (χ3n) is 4.38. The number of methoxy groups -OCH3 is 1. The Labute approximate surface area is 144 Å². The Morgan fingerprint density at radius 2 is 2.12 bits per heavy atom. The zero-order valence-electron chi connectivity index (χ0n) is 14.7. The topological polar surface area (TPSA) is 75.1 Å². The van der Waals surface area contributed by atoms with Gasteiger partial charge in [0, 0.05) is 31.7 Å². The molecule has 3 N–H and O–H groups in total. The highest BCUT2D eigenvalue weighted by Crippen LogP contribution is 2.31. The third-order valence-corrected chi connectivity index (χ3v) is 4.38. The predicted octanol–water partition coefficient (Wildman–Crippen LogP) is 1.54. The second kappa shape index (κ2) is 9.49. The Hall–Kier alpha value is -1.79. The van der Waals surface area contributed by atoms with Crippen molar-refractivity contribution in [1.29, 1.82) is 0 Å². The van der Waals surface area contributed by atoms with Crippen LogP contribution in [0.3, 0.4) is 0 Å². The lowest BCUT2D eigenvalue weighted by atomic mass is 9.84. The first kappa shape index (κ1) is 18.5. The van der Waals surface area contributed by atoms with Gasteiger partial charge in [-0.3, -0.25) is 0 Å². The van der Waals surface area contributed by atoms with Crippen LogP contribution in [0.4, 0.5) is 0 Å². The van der Waals surface area contributed by atoms with Gasteiger partial charge in [0.05, 0.1) is 20.3 Å². The van der Waals surface area contributed by atoms with Gasteiger partial charge < -0.3 is 25.2 Å². The van der Waals surface area contributed by atoms with E-state index in [0.29, 0.717) is 13.2 Å². The fourth-order valence-corrected chi connectivity index (χ4v) is 2.83. The third kappa shape index (κ3) is 5.39. The van der Waals surface area contributed by atoms with Gasteiger partial charge in [-0.25, -0.2) is 4.99 Å². The minimum atomic E-state index is 0.00501. The van der Waals surface area contributed by atoms with Gasteiger partial charge in [0.2, 0.25) is 0 Å². The highest BCUT2D eigenvalue weighted by molar-refractivity contribution is 5.79. The smallest absolute Gasteiger partial charge is 0.191 e. The largest absolute Gasteiger partial charge is 0.497 e. The predicted molar refractivity (Wildman–Crippen MR) is 95.4 cm³/mol. The summed E-state index contributed by atoms with van der Waals surface area (Å²) < 4.78 is 10.7. The first-order valence-corrected chi connectivity index (χ1v) is 8.55. The van der Waals surface area contributed by atoms with Crippen molar-refractivity contribution in [2.75, 3.05) is 40.0 Å². The Balaban J connectivity index is 1.94. The van der Waals surface area contributed by atoms with Gasteiger partial charge in [-0.1, -0.05) is 12.1 Å². The van der Waals surface area contributed by atoms with Crippen molar-refractivity contribution in [1.82, 2.24) is 10.6 Å². The highest BCUT2D eigenvalue weighted by Gasteiger charge is 2.34. The Bertz CT molecular complexity index is 511. The van der Waals surface area contributed by atoms with Crippen LogP contribution in [-0.4, -0.2) is 51.1 Å². The van der Waals surface area contributed by atoms with Gasteiger partial charge in [0.15, 0.2) is 5.96 Å². The number of ether oxygens (including phenoxy) is 2. The zero-order chi connectivity index (χ0) is 17.3. The molecule has 0 radical (unpaired) electrons. The van der Waals surface area contributed by atoms with Crippen LogP contribution >= 0.6 is 0 Å². The molecule has 1 aliphatic rings. The summed E-state index contributed by atoms with van der Waals surface area (Å²) in [5.74, 6) is 1.64. The molecule has 1 aromatic carbocycles. The molecule has 0 saturated carbocycles. The lowest BCUT2D eigenvalue weighted by Crippen LogP contribution is -2.44. The fourth-order valence-electron chi connectivity index (χ4n) is 2.83. The van der Waals surface area contributed by atoms with Crippen LogP contribution in [0, 0.1) is 5.41 Å². The molecule has 1 aromatic rings.